The summed E-state index contributed by atoms with van der Waals surface area (Å²) in [6, 6.07) is 6.17. The predicted molar refractivity (Wildman–Crippen MR) is 82.5 cm³/mol. The van der Waals surface area contributed by atoms with Gasteiger partial charge in [-0.2, -0.15) is 0 Å². The van der Waals surface area contributed by atoms with Crippen molar-refractivity contribution in [1.82, 2.24) is 0 Å². The number of rotatable bonds is 7. The summed E-state index contributed by atoms with van der Waals surface area (Å²) in [4.78, 5) is 22.3. The van der Waals surface area contributed by atoms with E-state index in [1.807, 2.05) is 0 Å². The SMILES string of the molecule is N[C@@H](Cc1cccc(NC(=O)CCCI)c1)C(=O)O. The smallest absolute Gasteiger partial charge is 0.320 e. The molecule has 0 saturated carbocycles. The normalized spacial score (nSPS) is 11.9. The summed E-state index contributed by atoms with van der Waals surface area (Å²) in [6.45, 7) is 0. The molecule has 0 aliphatic rings. The largest absolute Gasteiger partial charge is 0.480 e. The lowest BCUT2D eigenvalue weighted by Crippen LogP contribution is -2.32. The quantitative estimate of drug-likeness (QED) is 0.500. The van der Waals surface area contributed by atoms with E-state index in [2.05, 4.69) is 27.9 Å². The molecule has 6 heteroatoms. The van der Waals surface area contributed by atoms with Crippen LogP contribution in [0.1, 0.15) is 18.4 Å². The molecule has 1 aromatic carbocycles. The van der Waals surface area contributed by atoms with Gasteiger partial charge < -0.3 is 16.2 Å². The van der Waals surface area contributed by atoms with Crippen molar-refractivity contribution in [2.75, 3.05) is 9.74 Å². The number of aliphatic carboxylic acids is 1. The van der Waals surface area contributed by atoms with Gasteiger partial charge in [0.1, 0.15) is 6.04 Å². The summed E-state index contributed by atoms with van der Waals surface area (Å²) in [5, 5.41) is 11.5. The van der Waals surface area contributed by atoms with E-state index in [1.54, 1.807) is 24.3 Å². The standard InChI is InChI=1S/C13H17IN2O3/c14-6-2-5-12(17)16-10-4-1-3-9(7-10)8-11(15)13(18)19/h1,3-4,7,11H,2,5-6,8,15H2,(H,16,17)(H,18,19)/t11-/m0/s1. The van der Waals surface area contributed by atoms with Gasteiger partial charge in [0.05, 0.1) is 0 Å². The zero-order chi connectivity index (χ0) is 14.3. The van der Waals surface area contributed by atoms with E-state index in [0.29, 0.717) is 12.1 Å². The van der Waals surface area contributed by atoms with Gasteiger partial charge in [-0.05, 0) is 30.5 Å². The summed E-state index contributed by atoms with van der Waals surface area (Å²) >= 11 is 2.23. The van der Waals surface area contributed by atoms with E-state index in [4.69, 9.17) is 10.8 Å². The maximum Gasteiger partial charge on any atom is 0.320 e. The molecule has 0 heterocycles. The van der Waals surface area contributed by atoms with Crippen LogP contribution in [0, 0.1) is 0 Å². The third-order valence-corrected chi connectivity index (χ3v) is 3.28. The molecule has 0 radical (unpaired) electrons. The molecule has 104 valence electrons. The number of halogens is 1. The van der Waals surface area contributed by atoms with Crippen molar-refractivity contribution in [1.29, 1.82) is 0 Å². The highest BCUT2D eigenvalue weighted by Gasteiger charge is 2.12. The average Bonchev–Trinajstić information content (AvgIpc) is 2.36. The van der Waals surface area contributed by atoms with Crippen LogP contribution in [0.25, 0.3) is 0 Å². The first-order valence-corrected chi connectivity index (χ1v) is 7.48. The molecule has 0 spiro atoms. The number of carbonyl (C=O) groups excluding carboxylic acids is 1. The molecule has 0 aliphatic carbocycles. The third kappa shape index (κ3) is 6.02. The molecule has 5 nitrogen and oxygen atoms in total. The van der Waals surface area contributed by atoms with E-state index in [0.717, 1.165) is 16.4 Å². The highest BCUT2D eigenvalue weighted by molar-refractivity contribution is 14.1. The minimum atomic E-state index is -1.03. The van der Waals surface area contributed by atoms with Gasteiger partial charge in [-0.3, -0.25) is 9.59 Å². The predicted octanol–water partition coefficient (Wildman–Crippen LogP) is 1.79. The number of nitrogens with two attached hydrogens (primary N) is 1. The van der Waals surface area contributed by atoms with E-state index in [1.165, 1.54) is 0 Å². The second-order valence-electron chi connectivity index (χ2n) is 4.19. The Morgan fingerprint density at radius 1 is 1.42 bits per heavy atom. The zero-order valence-corrected chi connectivity index (χ0v) is 12.6. The minimum Gasteiger partial charge on any atom is -0.480 e. The first-order valence-electron chi connectivity index (χ1n) is 5.96. The molecule has 1 rings (SSSR count). The molecule has 0 aliphatic heterocycles. The fourth-order valence-electron chi connectivity index (χ4n) is 1.57. The van der Waals surface area contributed by atoms with E-state index < -0.39 is 12.0 Å². The van der Waals surface area contributed by atoms with Crippen molar-refractivity contribution in [3.63, 3.8) is 0 Å². The molecule has 0 aromatic heterocycles. The zero-order valence-electron chi connectivity index (χ0n) is 10.4. The van der Waals surface area contributed by atoms with Crippen molar-refractivity contribution in [2.24, 2.45) is 5.73 Å². The number of carboxylic acids is 1. The Morgan fingerprint density at radius 3 is 2.79 bits per heavy atom. The van der Waals surface area contributed by atoms with Gasteiger partial charge in [-0.25, -0.2) is 0 Å². The number of anilines is 1. The van der Waals surface area contributed by atoms with Gasteiger partial charge in [-0.1, -0.05) is 34.7 Å². The summed E-state index contributed by atoms with van der Waals surface area (Å²) < 4.78 is 0.943. The van der Waals surface area contributed by atoms with Gasteiger partial charge in [0.2, 0.25) is 5.91 Å². The number of carbonyl (C=O) groups is 2. The fraction of sp³-hybridized carbons (Fsp3) is 0.385. The summed E-state index contributed by atoms with van der Waals surface area (Å²) in [7, 11) is 0. The van der Waals surface area contributed by atoms with Crippen LogP contribution in [0.3, 0.4) is 0 Å². The Kier molecular flexibility index (Phi) is 6.79. The van der Waals surface area contributed by atoms with Gasteiger partial charge in [0.15, 0.2) is 0 Å². The number of nitrogens with one attached hydrogen (secondary N) is 1. The molecule has 0 saturated heterocycles. The highest BCUT2D eigenvalue weighted by atomic mass is 127. The van der Waals surface area contributed by atoms with Crippen LogP contribution in [-0.2, 0) is 16.0 Å². The lowest BCUT2D eigenvalue weighted by Gasteiger charge is -2.09. The molecule has 1 atom stereocenters. The number of hydrogen-bond donors (Lipinski definition) is 3. The number of carboxylic acid groups (broad SMARTS) is 1. The Bertz CT molecular complexity index is 451. The lowest BCUT2D eigenvalue weighted by molar-refractivity contribution is -0.138. The van der Waals surface area contributed by atoms with Gasteiger partial charge in [0, 0.05) is 16.5 Å². The van der Waals surface area contributed by atoms with Crippen LogP contribution in [0.5, 0.6) is 0 Å². The molecule has 19 heavy (non-hydrogen) atoms. The van der Waals surface area contributed by atoms with Gasteiger partial charge in [-0.15, -0.1) is 0 Å². The maximum atomic E-state index is 11.6. The molecule has 0 fully saturated rings. The van der Waals surface area contributed by atoms with E-state index in [9.17, 15) is 9.59 Å². The fourth-order valence-corrected chi connectivity index (χ4v) is 1.95. The number of amides is 1. The van der Waals surface area contributed by atoms with Crippen molar-refractivity contribution < 1.29 is 14.7 Å². The Morgan fingerprint density at radius 2 is 2.16 bits per heavy atom. The second-order valence-corrected chi connectivity index (χ2v) is 5.27. The van der Waals surface area contributed by atoms with Crippen LogP contribution < -0.4 is 11.1 Å². The Hall–Kier alpha value is -1.15. The van der Waals surface area contributed by atoms with Crippen LogP contribution >= 0.6 is 22.6 Å². The first-order chi connectivity index (χ1) is 9.02. The molecule has 0 unspecified atom stereocenters. The first kappa shape index (κ1) is 15.9. The maximum absolute atomic E-state index is 11.6. The minimum absolute atomic E-state index is 0.0312. The molecule has 1 amide bonds. The lowest BCUT2D eigenvalue weighted by atomic mass is 10.1. The summed E-state index contributed by atoms with van der Waals surface area (Å²) in [5.74, 6) is -1.06. The number of hydrogen-bond acceptors (Lipinski definition) is 3. The highest BCUT2D eigenvalue weighted by Crippen LogP contribution is 2.13. The van der Waals surface area contributed by atoms with Gasteiger partial charge in [0.25, 0.3) is 0 Å². The van der Waals surface area contributed by atoms with Crippen LogP contribution in [0.4, 0.5) is 5.69 Å². The molecule has 1 aromatic rings. The van der Waals surface area contributed by atoms with E-state index in [-0.39, 0.29) is 12.3 Å². The van der Waals surface area contributed by atoms with Crippen molar-refractivity contribution in [3.8, 4) is 0 Å². The van der Waals surface area contributed by atoms with Gasteiger partial charge >= 0.3 is 5.97 Å². The Balaban J connectivity index is 2.61. The van der Waals surface area contributed by atoms with Crippen molar-refractivity contribution in [2.45, 2.75) is 25.3 Å². The average molecular weight is 376 g/mol. The molecular weight excluding hydrogens is 359 g/mol. The molecular formula is C13H17IN2O3. The van der Waals surface area contributed by atoms with Crippen molar-refractivity contribution >= 4 is 40.2 Å². The Labute approximate surface area is 125 Å². The monoisotopic (exact) mass is 376 g/mol. The van der Waals surface area contributed by atoms with Crippen LogP contribution in [-0.4, -0.2) is 27.5 Å². The molecule has 0 bridgehead atoms. The van der Waals surface area contributed by atoms with Crippen molar-refractivity contribution in [3.05, 3.63) is 29.8 Å². The summed E-state index contributed by atoms with van der Waals surface area (Å²) in [5.41, 5.74) is 6.95. The topological polar surface area (TPSA) is 92.4 Å². The molecule has 4 N–H and O–H groups in total. The third-order valence-electron chi connectivity index (χ3n) is 2.52. The second kappa shape index (κ2) is 8.11. The van der Waals surface area contributed by atoms with Crippen LogP contribution in [0.15, 0.2) is 24.3 Å². The summed E-state index contributed by atoms with van der Waals surface area (Å²) in [6.07, 6.45) is 1.57. The number of benzene rings is 1. The van der Waals surface area contributed by atoms with Crippen LogP contribution in [0.2, 0.25) is 0 Å². The number of alkyl halides is 1. The van der Waals surface area contributed by atoms with E-state index >= 15 is 0 Å².